The molecular weight excluding hydrogens is 256 g/mol. The van der Waals surface area contributed by atoms with Crippen LogP contribution in [0.1, 0.15) is 47.2 Å². The summed E-state index contributed by atoms with van der Waals surface area (Å²) in [6, 6.07) is 13.0. The van der Waals surface area contributed by atoms with Crippen molar-refractivity contribution in [1.29, 1.82) is 0 Å². The lowest BCUT2D eigenvalue weighted by molar-refractivity contribution is 0.946. The van der Waals surface area contributed by atoms with E-state index in [1.165, 1.54) is 33.4 Å². The van der Waals surface area contributed by atoms with Crippen LogP contribution in [0, 0.1) is 0 Å². The fourth-order valence-electron chi connectivity index (χ4n) is 3.20. The van der Waals surface area contributed by atoms with Crippen molar-refractivity contribution in [3.05, 3.63) is 69.8 Å². The number of rotatable bonds is 6. The van der Waals surface area contributed by atoms with E-state index >= 15 is 0 Å². The van der Waals surface area contributed by atoms with Gasteiger partial charge in [0.2, 0.25) is 0 Å². The number of hydrogen-bond donors (Lipinski definition) is 2. The van der Waals surface area contributed by atoms with Gasteiger partial charge in [0.05, 0.1) is 0 Å². The van der Waals surface area contributed by atoms with Crippen LogP contribution in [0.3, 0.4) is 0 Å². The molecule has 0 aliphatic heterocycles. The average Bonchev–Trinajstić information content (AvgIpc) is 2.54. The zero-order valence-corrected chi connectivity index (χ0v) is 13.2. The molecule has 0 bridgehead atoms. The van der Waals surface area contributed by atoms with E-state index in [4.69, 9.17) is 11.5 Å². The molecule has 0 fully saturated rings. The third-order valence-corrected chi connectivity index (χ3v) is 4.27. The van der Waals surface area contributed by atoms with Crippen molar-refractivity contribution < 1.29 is 0 Å². The monoisotopic (exact) mass is 282 g/mol. The van der Waals surface area contributed by atoms with Gasteiger partial charge in [0.15, 0.2) is 0 Å². The molecule has 2 aromatic rings. The summed E-state index contributed by atoms with van der Waals surface area (Å²) < 4.78 is 0. The predicted octanol–water partition coefficient (Wildman–Crippen LogP) is 3.32. The van der Waals surface area contributed by atoms with E-state index in [2.05, 4.69) is 50.2 Å². The Morgan fingerprint density at radius 1 is 0.667 bits per heavy atom. The van der Waals surface area contributed by atoms with Crippen LogP contribution in [0.5, 0.6) is 0 Å². The van der Waals surface area contributed by atoms with E-state index < -0.39 is 0 Å². The molecule has 0 atom stereocenters. The van der Waals surface area contributed by atoms with Gasteiger partial charge in [-0.15, -0.1) is 0 Å². The summed E-state index contributed by atoms with van der Waals surface area (Å²) in [6.45, 7) is 5.63. The first-order valence-electron chi connectivity index (χ1n) is 7.84. The highest BCUT2D eigenvalue weighted by Crippen LogP contribution is 2.23. The highest BCUT2D eigenvalue weighted by molar-refractivity contribution is 5.43. The number of hydrogen-bond acceptors (Lipinski definition) is 2. The van der Waals surface area contributed by atoms with Gasteiger partial charge in [0.1, 0.15) is 0 Å². The minimum atomic E-state index is 0.612. The molecule has 2 aromatic carbocycles. The summed E-state index contributed by atoms with van der Waals surface area (Å²) in [4.78, 5) is 0. The Hall–Kier alpha value is -1.64. The third kappa shape index (κ3) is 3.34. The molecule has 0 amide bonds. The second-order valence-corrected chi connectivity index (χ2v) is 5.40. The van der Waals surface area contributed by atoms with Crippen molar-refractivity contribution in [3.63, 3.8) is 0 Å². The maximum absolute atomic E-state index is 5.87. The van der Waals surface area contributed by atoms with Crippen molar-refractivity contribution in [2.45, 2.75) is 46.2 Å². The molecule has 0 radical (unpaired) electrons. The molecule has 0 unspecified atom stereocenters. The van der Waals surface area contributed by atoms with E-state index in [-0.39, 0.29) is 0 Å². The van der Waals surface area contributed by atoms with E-state index in [0.29, 0.717) is 13.1 Å². The van der Waals surface area contributed by atoms with Crippen LogP contribution in [0.25, 0.3) is 0 Å². The molecule has 0 spiro atoms. The van der Waals surface area contributed by atoms with Crippen LogP contribution < -0.4 is 11.5 Å². The topological polar surface area (TPSA) is 52.0 Å². The first-order chi connectivity index (χ1) is 10.2. The summed E-state index contributed by atoms with van der Waals surface area (Å²) in [5, 5.41) is 0. The summed E-state index contributed by atoms with van der Waals surface area (Å²) >= 11 is 0. The molecule has 4 N–H and O–H groups in total. The number of nitrogens with two attached hydrogens (primary N) is 2. The minimum Gasteiger partial charge on any atom is -0.326 e. The number of benzene rings is 2. The second kappa shape index (κ2) is 7.39. The summed E-state index contributed by atoms with van der Waals surface area (Å²) in [5.41, 5.74) is 19.9. The van der Waals surface area contributed by atoms with Gasteiger partial charge in [-0.3, -0.25) is 0 Å². The Morgan fingerprint density at radius 3 is 1.38 bits per heavy atom. The van der Waals surface area contributed by atoms with Gasteiger partial charge >= 0.3 is 0 Å². The van der Waals surface area contributed by atoms with Crippen LogP contribution in [0.15, 0.2) is 36.4 Å². The van der Waals surface area contributed by atoms with Crippen molar-refractivity contribution >= 4 is 0 Å². The van der Waals surface area contributed by atoms with Crippen LogP contribution in [-0.2, 0) is 32.4 Å². The standard InChI is InChI=1S/C19H26N2/c1-3-18-14(7-5-9-16(18)12-20)11-15-8-6-10-17(13-21)19(15)4-2/h5-10H,3-4,11-13,20-21H2,1-2H3. The Kier molecular flexibility index (Phi) is 5.54. The zero-order chi connectivity index (χ0) is 15.2. The molecule has 0 aliphatic rings. The van der Waals surface area contributed by atoms with Gasteiger partial charge in [0, 0.05) is 13.1 Å². The molecule has 0 heterocycles. The molecule has 112 valence electrons. The maximum Gasteiger partial charge on any atom is 0.0180 e. The summed E-state index contributed by atoms with van der Waals surface area (Å²) in [6.07, 6.45) is 3.02. The van der Waals surface area contributed by atoms with Gasteiger partial charge in [-0.25, -0.2) is 0 Å². The molecule has 21 heavy (non-hydrogen) atoms. The van der Waals surface area contributed by atoms with Crippen molar-refractivity contribution in [3.8, 4) is 0 Å². The normalized spacial score (nSPS) is 10.9. The molecule has 0 saturated heterocycles. The first-order valence-corrected chi connectivity index (χ1v) is 7.84. The fraction of sp³-hybridized carbons (Fsp3) is 0.368. The van der Waals surface area contributed by atoms with Crippen LogP contribution >= 0.6 is 0 Å². The first kappa shape index (κ1) is 15.7. The van der Waals surface area contributed by atoms with Crippen molar-refractivity contribution in [2.75, 3.05) is 0 Å². The Labute approximate surface area is 128 Å². The van der Waals surface area contributed by atoms with Gasteiger partial charge in [-0.1, -0.05) is 50.2 Å². The maximum atomic E-state index is 5.87. The van der Waals surface area contributed by atoms with E-state index in [1.807, 2.05) is 0 Å². The lowest BCUT2D eigenvalue weighted by Crippen LogP contribution is -2.07. The van der Waals surface area contributed by atoms with Crippen LogP contribution in [0.2, 0.25) is 0 Å². The van der Waals surface area contributed by atoms with E-state index in [0.717, 1.165) is 19.3 Å². The van der Waals surface area contributed by atoms with Gasteiger partial charge in [0.25, 0.3) is 0 Å². The molecular formula is C19H26N2. The van der Waals surface area contributed by atoms with Gasteiger partial charge in [-0.2, -0.15) is 0 Å². The molecule has 2 rings (SSSR count). The highest BCUT2D eigenvalue weighted by Gasteiger charge is 2.10. The summed E-state index contributed by atoms with van der Waals surface area (Å²) in [7, 11) is 0. The average molecular weight is 282 g/mol. The lowest BCUT2D eigenvalue weighted by Gasteiger charge is -2.16. The van der Waals surface area contributed by atoms with Crippen LogP contribution in [-0.4, -0.2) is 0 Å². The zero-order valence-electron chi connectivity index (χ0n) is 13.2. The molecule has 0 aromatic heterocycles. The predicted molar refractivity (Wildman–Crippen MR) is 90.2 cm³/mol. The van der Waals surface area contributed by atoms with E-state index in [9.17, 15) is 0 Å². The van der Waals surface area contributed by atoms with E-state index in [1.54, 1.807) is 0 Å². The van der Waals surface area contributed by atoms with Crippen molar-refractivity contribution in [2.24, 2.45) is 11.5 Å². The Morgan fingerprint density at radius 2 is 1.05 bits per heavy atom. The Balaban J connectivity index is 2.43. The fourth-order valence-corrected chi connectivity index (χ4v) is 3.20. The molecule has 2 nitrogen and oxygen atoms in total. The van der Waals surface area contributed by atoms with Crippen molar-refractivity contribution in [1.82, 2.24) is 0 Å². The lowest BCUT2D eigenvalue weighted by atomic mass is 9.90. The SMILES string of the molecule is CCc1c(CN)cccc1Cc1cccc(CN)c1CC. The Bertz CT molecular complexity index is 549. The molecule has 2 heteroatoms. The van der Waals surface area contributed by atoms with Crippen LogP contribution in [0.4, 0.5) is 0 Å². The molecule has 0 saturated carbocycles. The minimum absolute atomic E-state index is 0.612. The molecule has 0 aliphatic carbocycles. The second-order valence-electron chi connectivity index (χ2n) is 5.40. The smallest absolute Gasteiger partial charge is 0.0180 e. The largest absolute Gasteiger partial charge is 0.326 e. The summed E-state index contributed by atoms with van der Waals surface area (Å²) in [5.74, 6) is 0. The van der Waals surface area contributed by atoms with Gasteiger partial charge in [-0.05, 0) is 52.6 Å². The highest BCUT2D eigenvalue weighted by atomic mass is 14.5. The van der Waals surface area contributed by atoms with Gasteiger partial charge < -0.3 is 11.5 Å². The third-order valence-electron chi connectivity index (χ3n) is 4.27. The quantitative estimate of drug-likeness (QED) is 0.854.